The average Bonchev–Trinajstić information content (AvgIpc) is 0.977. The minimum absolute atomic E-state index is 0.0163. The van der Waals surface area contributed by atoms with Gasteiger partial charge in [0.2, 0.25) is 35.4 Å². The zero-order chi connectivity index (χ0) is 83.5. The standard InChI is InChI=1S/C9H21N5O.C9H21N3O.C7H14N2O3.C7H18N2.C7H13NO3.C6H12N2O3.C6H16N2.C6H11NO3.C5H14N2.C5H11NO2/c1-6(2)14-8(15)7(10)4-3-5-13-9(11)12;1-7(2)12-9(13)8(11)5-3-4-6-10;1-4(2)9-7(12)5(8)3-6(10)11;1-7(2)8-5-6-9(3)4;1-5(2)8-6(9)3-4-7(10)11;1-8-6(11)4(7)2-3-5(9)10;1-6(2)8-5-4-7-3;1-7-5(8)3-2-4-6(9)10;1-5(2)7-4-3-6;1-4(2)6-3-5(7)8/h6-7H,3-5,10H2,1-2H3,(H,14,15)(H4,11,12,13);7-8H,3-6,10-11H2,1-2H3,(H,12,13);4-5H,3,8H2,1-2H3,(H,9,12)(H,10,11);7-8H,5-6H2,1-4H3;5H,3-4H2,1-2H3,(H,8,9)(H,10,11);4H,2-3,7H2,1H3,(H,8,11)(H,9,10);6-8H,4-5H2,1-3H3;2-4H2,1H3,(H,7,8)(H,9,10);5,7H,3-4,6H2,1-2H3;4,6H,3H2,1-2H3,(H,7,8). The highest BCUT2D eigenvalue weighted by atomic mass is 16.4. The van der Waals surface area contributed by atoms with Crippen molar-refractivity contribution in [1.82, 2.24) is 63.4 Å². The highest BCUT2D eigenvalue weighted by molar-refractivity contribution is 5.86. The van der Waals surface area contributed by atoms with E-state index in [4.69, 9.17) is 71.4 Å². The van der Waals surface area contributed by atoms with Gasteiger partial charge >= 0.3 is 29.8 Å². The Kier molecular flexibility index (Phi) is 94.5. The number of carbonyl (C=O) groups is 11. The maximum atomic E-state index is 11.4. The molecule has 4 atom stereocenters. The summed E-state index contributed by atoms with van der Waals surface area (Å²) in [7, 11) is 9.12. The number of amides is 6. The molecule has 0 heterocycles. The first-order chi connectivity index (χ1) is 48.0. The molecule has 0 fully saturated rings. The number of unbranched alkanes of at least 4 members (excludes halogenated alkanes) is 1. The molecule has 0 aliphatic rings. The van der Waals surface area contributed by atoms with Crippen molar-refractivity contribution in [3.05, 3.63) is 0 Å². The number of nitrogens with one attached hydrogen (secondary N) is 11. The Hall–Kier alpha value is -7.04. The van der Waals surface area contributed by atoms with E-state index in [0.29, 0.717) is 56.9 Å². The Morgan fingerprint density at radius 1 is 0.375 bits per heavy atom. The number of rotatable bonds is 42. The summed E-state index contributed by atoms with van der Waals surface area (Å²) in [6, 6.07) is -0.137. The Labute approximate surface area is 622 Å². The topological polar surface area (TPSA) is 645 Å². The van der Waals surface area contributed by atoms with Crippen molar-refractivity contribution in [3.63, 3.8) is 0 Å². The second kappa shape index (κ2) is 83.2. The molecule has 0 bridgehead atoms. The van der Waals surface area contributed by atoms with E-state index in [2.05, 4.69) is 124 Å². The van der Waals surface area contributed by atoms with E-state index in [-0.39, 0.29) is 117 Å². The Morgan fingerprint density at radius 3 is 1.10 bits per heavy atom. The van der Waals surface area contributed by atoms with E-state index in [9.17, 15) is 52.7 Å². The first kappa shape index (κ1) is 118. The van der Waals surface area contributed by atoms with Gasteiger partial charge in [-0.1, -0.05) is 61.8 Å². The second-order valence-electron chi connectivity index (χ2n) is 25.8. The van der Waals surface area contributed by atoms with Crippen LogP contribution in [0.25, 0.3) is 0 Å². The smallest absolute Gasteiger partial charge is 0.317 e. The number of nitrogens with two attached hydrogens (primary N) is 8. The summed E-state index contributed by atoms with van der Waals surface area (Å²) >= 11 is 0. The molecule has 0 saturated carbocycles. The number of nitrogens with zero attached hydrogens (tertiary/aromatic N) is 2. The molecule has 6 amide bonds. The first-order valence-corrected chi connectivity index (χ1v) is 35.4. The molecule has 620 valence electrons. The van der Waals surface area contributed by atoms with Crippen LogP contribution in [0.4, 0.5) is 0 Å². The number of carboxylic acid groups (broad SMARTS) is 5. The van der Waals surface area contributed by atoms with Gasteiger partial charge in [-0.05, 0) is 122 Å². The minimum Gasteiger partial charge on any atom is -0.481 e. The van der Waals surface area contributed by atoms with Crippen molar-refractivity contribution >= 4 is 71.2 Å². The third-order valence-corrected chi connectivity index (χ3v) is 11.4. The van der Waals surface area contributed by atoms with Crippen LogP contribution >= 0.6 is 0 Å². The molecule has 0 rings (SSSR count). The number of likely N-dealkylation sites (N-methyl/N-ethyl adjacent to an activating group) is 3. The Balaban J connectivity index is -0.000000119. The van der Waals surface area contributed by atoms with Crippen molar-refractivity contribution < 1.29 is 78.3 Å². The van der Waals surface area contributed by atoms with Gasteiger partial charge in [0.15, 0.2) is 5.96 Å². The molecule has 0 saturated heterocycles. The van der Waals surface area contributed by atoms with Crippen molar-refractivity contribution in [2.24, 2.45) is 50.9 Å². The van der Waals surface area contributed by atoms with Crippen molar-refractivity contribution in [2.45, 2.75) is 267 Å². The second-order valence-corrected chi connectivity index (χ2v) is 25.8. The maximum Gasteiger partial charge on any atom is 0.317 e. The van der Waals surface area contributed by atoms with Gasteiger partial charge in [0.1, 0.15) is 0 Å². The van der Waals surface area contributed by atoms with Crippen molar-refractivity contribution in [2.75, 3.05) is 94.1 Å². The first-order valence-electron chi connectivity index (χ1n) is 35.4. The molecule has 0 aliphatic heterocycles. The largest absolute Gasteiger partial charge is 0.481 e. The van der Waals surface area contributed by atoms with E-state index in [1.165, 1.54) is 14.1 Å². The minimum atomic E-state index is -1.07. The highest BCUT2D eigenvalue weighted by Gasteiger charge is 2.18. The lowest BCUT2D eigenvalue weighted by Gasteiger charge is -2.13. The molecule has 0 aliphatic carbocycles. The highest BCUT2D eigenvalue weighted by Crippen LogP contribution is 2.00. The zero-order valence-electron chi connectivity index (χ0n) is 67.2. The van der Waals surface area contributed by atoms with Crippen LogP contribution in [0.3, 0.4) is 0 Å². The number of aliphatic carboxylic acids is 5. The molecule has 0 aromatic rings. The summed E-state index contributed by atoms with van der Waals surface area (Å²) in [6.07, 6.45) is 4.35. The van der Waals surface area contributed by atoms with Crippen LogP contribution in [0.15, 0.2) is 4.99 Å². The quantitative estimate of drug-likeness (QED) is 0.0183. The lowest BCUT2D eigenvalue weighted by molar-refractivity contribution is -0.139. The van der Waals surface area contributed by atoms with E-state index < -0.39 is 53.9 Å². The summed E-state index contributed by atoms with van der Waals surface area (Å²) < 4.78 is 0. The normalized spacial score (nSPS) is 11.3. The molecule has 0 radical (unpaired) electrons. The molecular formula is C67H151N21O16. The molecule has 4 unspecified atom stereocenters. The number of hydrogen-bond acceptors (Lipinski definition) is 24. The van der Waals surface area contributed by atoms with Gasteiger partial charge in [0.25, 0.3) is 0 Å². The lowest BCUT2D eigenvalue weighted by Crippen LogP contribution is -2.44. The molecule has 0 aromatic heterocycles. The van der Waals surface area contributed by atoms with Crippen LogP contribution in [0.2, 0.25) is 0 Å². The van der Waals surface area contributed by atoms with Gasteiger partial charge in [0.05, 0.1) is 43.6 Å². The lowest BCUT2D eigenvalue weighted by atomic mass is 10.1. The van der Waals surface area contributed by atoms with Crippen molar-refractivity contribution in [3.8, 4) is 0 Å². The average molecular weight is 1510 g/mol. The number of carbonyl (C=O) groups excluding carboxylic acids is 6. The maximum absolute atomic E-state index is 11.4. The zero-order valence-corrected chi connectivity index (χ0v) is 67.2. The van der Waals surface area contributed by atoms with E-state index in [0.717, 1.165) is 58.5 Å². The number of carboxylic acids is 5. The van der Waals surface area contributed by atoms with Crippen LogP contribution in [0, 0.1) is 0 Å². The summed E-state index contributed by atoms with van der Waals surface area (Å²) in [6.45, 7) is 38.7. The molecule has 104 heavy (non-hydrogen) atoms. The fourth-order valence-electron chi connectivity index (χ4n) is 6.21. The number of hydrogen-bond donors (Lipinski definition) is 24. The third-order valence-electron chi connectivity index (χ3n) is 11.4. The van der Waals surface area contributed by atoms with Crippen LogP contribution in [-0.2, 0) is 52.7 Å². The number of aliphatic imine (C=N–C) groups is 1. The summed E-state index contributed by atoms with van der Waals surface area (Å²) in [4.78, 5) is 122. The van der Waals surface area contributed by atoms with Gasteiger partial charge < -0.3 is 135 Å². The van der Waals surface area contributed by atoms with Crippen LogP contribution in [-0.4, -0.2) is 268 Å². The summed E-state index contributed by atoms with van der Waals surface area (Å²) in [5, 5.41) is 72.0. The monoisotopic (exact) mass is 1510 g/mol. The van der Waals surface area contributed by atoms with Gasteiger partial charge in [-0.15, -0.1) is 0 Å². The van der Waals surface area contributed by atoms with Crippen LogP contribution in [0.5, 0.6) is 0 Å². The van der Waals surface area contributed by atoms with Crippen molar-refractivity contribution in [1.29, 1.82) is 0 Å². The fraction of sp³-hybridized carbons (Fsp3) is 0.821. The summed E-state index contributed by atoms with van der Waals surface area (Å²) in [5.41, 5.74) is 42.7. The predicted molar refractivity (Wildman–Crippen MR) is 415 cm³/mol. The van der Waals surface area contributed by atoms with Crippen LogP contribution < -0.4 is 104 Å². The Bertz CT molecular complexity index is 2150. The van der Waals surface area contributed by atoms with E-state index in [1.54, 1.807) is 13.8 Å². The molecular weight excluding hydrogens is 1350 g/mol. The molecule has 0 aromatic carbocycles. The van der Waals surface area contributed by atoms with Crippen LogP contribution in [0.1, 0.15) is 194 Å². The SMILES string of the molecule is CC(C)NC(=O)C(N)CC(=O)O.CC(C)NC(=O)C(N)CCCCN.CC(C)NC(=O)C(N)CCCN=C(N)N.CC(C)NC(=O)CCC(=O)O.CC(C)NCC(=O)O.CC(C)NCCN.CC(C)NCCN(C)C.CNC(=O)C(N)CCC(=O)O.CNC(=O)CCCC(=O)O.CNCCNC(C)C. The molecule has 37 nitrogen and oxygen atoms in total. The van der Waals surface area contributed by atoms with Gasteiger partial charge in [0, 0.05) is 134 Å². The predicted octanol–water partition coefficient (Wildman–Crippen LogP) is -1.78. The Morgan fingerprint density at radius 2 is 0.779 bits per heavy atom. The van der Waals surface area contributed by atoms with Gasteiger partial charge in [-0.3, -0.25) is 57.7 Å². The van der Waals surface area contributed by atoms with E-state index >= 15 is 0 Å². The summed E-state index contributed by atoms with van der Waals surface area (Å²) in [5.74, 6) is -5.81. The molecule has 37 heteroatoms. The fourth-order valence-corrected chi connectivity index (χ4v) is 6.21. The molecule has 32 N–H and O–H groups in total. The molecule has 0 spiro atoms. The van der Waals surface area contributed by atoms with Gasteiger partial charge in [-0.2, -0.15) is 0 Å². The third kappa shape index (κ3) is 128. The van der Waals surface area contributed by atoms with Gasteiger partial charge in [-0.25, -0.2) is 0 Å². The van der Waals surface area contributed by atoms with E-state index in [1.807, 2.05) is 62.4 Å². The number of guanidine groups is 1.